The molecule has 1 atom stereocenters. The molecule has 0 saturated carbocycles. The summed E-state index contributed by atoms with van der Waals surface area (Å²) in [6, 6.07) is 24.0. The summed E-state index contributed by atoms with van der Waals surface area (Å²) in [7, 11) is 0. The number of aliphatic carboxylic acids is 1. The zero-order valence-electron chi connectivity index (χ0n) is 19.0. The van der Waals surface area contributed by atoms with Gasteiger partial charge in [-0.25, -0.2) is 9.48 Å². The second-order valence-electron chi connectivity index (χ2n) is 7.84. The number of fused-ring (bicyclic) bond motifs is 1. The first kappa shape index (κ1) is 24.0. The van der Waals surface area contributed by atoms with Gasteiger partial charge in [0.05, 0.1) is 17.3 Å². The molecule has 0 aliphatic rings. The quantitative estimate of drug-likeness (QED) is 0.245. The Morgan fingerprint density at radius 3 is 2.40 bits per heavy atom. The van der Waals surface area contributed by atoms with Crippen LogP contribution in [0.1, 0.15) is 17.4 Å². The maximum atomic E-state index is 13.0. The van der Waals surface area contributed by atoms with Crippen LogP contribution in [-0.4, -0.2) is 50.3 Å². The van der Waals surface area contributed by atoms with E-state index < -0.39 is 17.9 Å². The molecule has 4 aromatic rings. The summed E-state index contributed by atoms with van der Waals surface area (Å²) in [5.74, 6) is -1.61. The fourth-order valence-corrected chi connectivity index (χ4v) is 4.43. The summed E-state index contributed by atoms with van der Waals surface area (Å²) in [6.45, 7) is 1.38. The molecule has 3 aromatic carbocycles. The second-order valence-corrected chi connectivity index (χ2v) is 8.87. The largest absolute Gasteiger partial charge is 0.480 e. The summed E-state index contributed by atoms with van der Waals surface area (Å²) >= 11 is 1.21. The van der Waals surface area contributed by atoms with Crippen molar-refractivity contribution in [1.82, 2.24) is 20.4 Å². The number of carbonyl (C=O) groups excluding carboxylic acids is 2. The average molecular weight is 489 g/mol. The maximum absolute atomic E-state index is 13.0. The Morgan fingerprint density at radius 2 is 1.69 bits per heavy atom. The fourth-order valence-electron chi connectivity index (χ4n) is 3.55. The lowest BCUT2D eigenvalue weighted by molar-refractivity contribution is -0.138. The molecule has 4 rings (SSSR count). The van der Waals surface area contributed by atoms with Crippen molar-refractivity contribution in [3.8, 4) is 16.9 Å². The SMILES string of the molecule is CC(=O)NCSCC(NC(=O)c1cc(-c2ccc3ccccc3c2)n(-c2ccccc2)n1)C(=O)O. The van der Waals surface area contributed by atoms with Crippen LogP contribution in [0.3, 0.4) is 0 Å². The highest BCUT2D eigenvalue weighted by Gasteiger charge is 2.24. The molecule has 0 radical (unpaired) electrons. The van der Waals surface area contributed by atoms with Crippen molar-refractivity contribution in [2.45, 2.75) is 13.0 Å². The Bertz CT molecular complexity index is 1370. The highest BCUT2D eigenvalue weighted by Crippen LogP contribution is 2.27. The van der Waals surface area contributed by atoms with E-state index in [0.717, 1.165) is 22.0 Å². The van der Waals surface area contributed by atoms with Gasteiger partial charge in [0.25, 0.3) is 5.91 Å². The number of hydrogen-bond donors (Lipinski definition) is 3. The minimum absolute atomic E-state index is 0.0955. The van der Waals surface area contributed by atoms with Gasteiger partial charge in [0.15, 0.2) is 5.69 Å². The number of benzene rings is 3. The smallest absolute Gasteiger partial charge is 0.327 e. The first-order valence-electron chi connectivity index (χ1n) is 10.9. The molecule has 35 heavy (non-hydrogen) atoms. The first-order chi connectivity index (χ1) is 16.9. The fraction of sp³-hybridized carbons (Fsp3) is 0.154. The minimum atomic E-state index is -1.16. The third-order valence-electron chi connectivity index (χ3n) is 5.30. The number of rotatable bonds is 9. The number of thioether (sulfide) groups is 1. The highest BCUT2D eigenvalue weighted by molar-refractivity contribution is 7.99. The van der Waals surface area contributed by atoms with E-state index in [4.69, 9.17) is 0 Å². The Balaban J connectivity index is 1.63. The predicted molar refractivity (Wildman–Crippen MR) is 137 cm³/mol. The molecule has 0 spiro atoms. The molecule has 1 unspecified atom stereocenters. The lowest BCUT2D eigenvalue weighted by Crippen LogP contribution is -2.43. The Morgan fingerprint density at radius 1 is 0.971 bits per heavy atom. The molecular formula is C26H24N4O4S. The van der Waals surface area contributed by atoms with Crippen LogP contribution in [0.4, 0.5) is 0 Å². The summed E-state index contributed by atoms with van der Waals surface area (Å²) < 4.78 is 1.68. The highest BCUT2D eigenvalue weighted by atomic mass is 32.2. The first-order valence-corrected chi connectivity index (χ1v) is 12.1. The summed E-state index contributed by atoms with van der Waals surface area (Å²) in [5.41, 5.74) is 2.46. The zero-order valence-corrected chi connectivity index (χ0v) is 19.8. The average Bonchev–Trinajstić information content (AvgIpc) is 3.31. The molecule has 0 fully saturated rings. The van der Waals surface area contributed by atoms with Crippen LogP contribution < -0.4 is 10.6 Å². The van der Waals surface area contributed by atoms with Crippen LogP contribution in [0, 0.1) is 0 Å². The van der Waals surface area contributed by atoms with Gasteiger partial charge in [-0.15, -0.1) is 11.8 Å². The van der Waals surface area contributed by atoms with Gasteiger partial charge >= 0.3 is 5.97 Å². The number of carboxylic acid groups (broad SMARTS) is 1. The van der Waals surface area contributed by atoms with E-state index in [2.05, 4.69) is 15.7 Å². The molecule has 3 N–H and O–H groups in total. The van der Waals surface area contributed by atoms with Crippen LogP contribution in [0.25, 0.3) is 27.7 Å². The van der Waals surface area contributed by atoms with Gasteiger partial charge in [0.1, 0.15) is 6.04 Å². The van der Waals surface area contributed by atoms with Crippen molar-refractivity contribution in [1.29, 1.82) is 0 Å². The van der Waals surface area contributed by atoms with Crippen LogP contribution in [0.5, 0.6) is 0 Å². The summed E-state index contributed by atoms with van der Waals surface area (Å²) in [6.07, 6.45) is 0. The number of hydrogen-bond acceptors (Lipinski definition) is 5. The lowest BCUT2D eigenvalue weighted by atomic mass is 10.0. The number of nitrogens with zero attached hydrogens (tertiary/aromatic N) is 2. The maximum Gasteiger partial charge on any atom is 0.327 e. The van der Waals surface area contributed by atoms with Crippen LogP contribution in [-0.2, 0) is 9.59 Å². The topological polar surface area (TPSA) is 113 Å². The van der Waals surface area contributed by atoms with Gasteiger partial charge in [-0.1, -0.05) is 54.6 Å². The molecule has 0 saturated heterocycles. The van der Waals surface area contributed by atoms with Gasteiger partial charge in [0, 0.05) is 18.2 Å². The Kier molecular flexibility index (Phi) is 7.47. The van der Waals surface area contributed by atoms with E-state index in [0.29, 0.717) is 5.69 Å². The number of nitrogens with one attached hydrogen (secondary N) is 2. The standard InChI is InChI=1S/C26H24N4O4S/c1-17(31)27-16-35-15-23(26(33)34)28-25(32)22-14-24(30(29-22)21-9-3-2-4-10-21)20-12-11-18-7-5-6-8-19(18)13-20/h2-14,23H,15-16H2,1H3,(H,27,31)(H,28,32)(H,33,34). The minimum Gasteiger partial charge on any atom is -0.480 e. The number of amides is 2. The van der Waals surface area contributed by atoms with Gasteiger partial charge in [-0.2, -0.15) is 5.10 Å². The van der Waals surface area contributed by atoms with Crippen molar-refractivity contribution in [2.75, 3.05) is 11.6 Å². The third kappa shape index (κ3) is 5.88. The number of aromatic nitrogens is 2. The van der Waals surface area contributed by atoms with Gasteiger partial charge in [-0.3, -0.25) is 9.59 Å². The summed E-state index contributed by atoms with van der Waals surface area (Å²) in [5, 5.41) is 21.4. The molecule has 2 amide bonds. The molecule has 8 nitrogen and oxygen atoms in total. The third-order valence-corrected chi connectivity index (χ3v) is 6.22. The van der Waals surface area contributed by atoms with Crippen LogP contribution >= 0.6 is 11.8 Å². The van der Waals surface area contributed by atoms with E-state index in [1.165, 1.54) is 18.7 Å². The van der Waals surface area contributed by atoms with E-state index in [9.17, 15) is 19.5 Å². The molecule has 0 aliphatic carbocycles. The number of para-hydroxylation sites is 1. The van der Waals surface area contributed by atoms with Crippen molar-refractivity contribution >= 4 is 40.3 Å². The van der Waals surface area contributed by atoms with Crippen LogP contribution in [0.2, 0.25) is 0 Å². The van der Waals surface area contributed by atoms with Crippen molar-refractivity contribution in [3.05, 3.63) is 84.6 Å². The molecule has 1 aromatic heterocycles. The van der Waals surface area contributed by atoms with Gasteiger partial charge in [0.2, 0.25) is 5.91 Å². The monoisotopic (exact) mass is 488 g/mol. The van der Waals surface area contributed by atoms with E-state index in [-0.39, 0.29) is 23.2 Å². The lowest BCUT2D eigenvalue weighted by Gasteiger charge is -2.13. The summed E-state index contributed by atoms with van der Waals surface area (Å²) in [4.78, 5) is 35.7. The number of carbonyl (C=O) groups is 3. The van der Waals surface area contributed by atoms with Crippen molar-refractivity contribution in [3.63, 3.8) is 0 Å². The number of carboxylic acids is 1. The van der Waals surface area contributed by atoms with E-state index >= 15 is 0 Å². The molecule has 9 heteroatoms. The predicted octanol–water partition coefficient (Wildman–Crippen LogP) is 3.70. The van der Waals surface area contributed by atoms with E-state index in [1.807, 2.05) is 72.8 Å². The van der Waals surface area contributed by atoms with Crippen molar-refractivity contribution in [2.24, 2.45) is 0 Å². The van der Waals surface area contributed by atoms with Gasteiger partial charge < -0.3 is 15.7 Å². The molecular weight excluding hydrogens is 464 g/mol. The normalized spacial score (nSPS) is 11.7. The molecule has 1 heterocycles. The Hall–Kier alpha value is -4.11. The molecule has 0 aliphatic heterocycles. The second kappa shape index (κ2) is 10.9. The Labute approximate surface area is 206 Å². The van der Waals surface area contributed by atoms with Gasteiger partial charge in [-0.05, 0) is 35.0 Å². The molecule has 178 valence electrons. The van der Waals surface area contributed by atoms with Crippen LogP contribution in [0.15, 0.2) is 78.9 Å². The van der Waals surface area contributed by atoms with E-state index in [1.54, 1.807) is 10.7 Å². The zero-order chi connectivity index (χ0) is 24.8. The van der Waals surface area contributed by atoms with Crippen molar-refractivity contribution < 1.29 is 19.5 Å². The molecule has 0 bridgehead atoms.